The van der Waals surface area contributed by atoms with Crippen LogP contribution >= 0.6 is 0 Å². The molecule has 0 radical (unpaired) electrons. The summed E-state index contributed by atoms with van der Waals surface area (Å²) in [7, 11) is -5.64. The van der Waals surface area contributed by atoms with E-state index in [1.54, 1.807) is 0 Å². The van der Waals surface area contributed by atoms with E-state index in [0.717, 1.165) is 32.1 Å². The molecular weight excluding hydrogens is 414 g/mol. The zero-order valence-electron chi connectivity index (χ0n) is 17.4. The highest BCUT2D eigenvalue weighted by Gasteiger charge is 2.66. The smallest absolute Gasteiger partial charge is 0.334 e. The molecule has 5 unspecified atom stereocenters. The molecule has 5 fully saturated rings. The van der Waals surface area contributed by atoms with E-state index in [1.807, 2.05) is 0 Å². The fourth-order valence-corrected chi connectivity index (χ4v) is 7.94. The first-order valence-corrected chi connectivity index (χ1v) is 13.3. The molecule has 172 valence electrons. The van der Waals surface area contributed by atoms with Gasteiger partial charge in [0.15, 0.2) is 15.9 Å². The summed E-state index contributed by atoms with van der Waals surface area (Å²) < 4.78 is 74.8. The van der Waals surface area contributed by atoms with Crippen molar-refractivity contribution in [3.63, 3.8) is 0 Å². The van der Waals surface area contributed by atoms with Gasteiger partial charge in [-0.2, -0.15) is 8.78 Å². The molecular formula is C22H33F2O5S-. The van der Waals surface area contributed by atoms with Gasteiger partial charge in [0, 0.05) is 18.3 Å². The average molecular weight is 448 g/mol. The zero-order valence-corrected chi connectivity index (χ0v) is 18.3. The second-order valence-corrected chi connectivity index (χ2v) is 12.0. The lowest BCUT2D eigenvalue weighted by Crippen LogP contribution is -2.49. The molecule has 1 aliphatic heterocycles. The van der Waals surface area contributed by atoms with Crippen LogP contribution in [0.5, 0.6) is 0 Å². The van der Waals surface area contributed by atoms with Crippen LogP contribution in [0, 0.1) is 29.6 Å². The predicted molar refractivity (Wildman–Crippen MR) is 105 cm³/mol. The van der Waals surface area contributed by atoms with Crippen LogP contribution in [0.1, 0.15) is 83.5 Å². The third-order valence-electron chi connectivity index (χ3n) is 8.85. The minimum atomic E-state index is -5.64. The molecule has 5 nitrogen and oxygen atoms in total. The molecule has 0 aromatic heterocycles. The second kappa shape index (κ2) is 7.63. The fourth-order valence-electron chi connectivity index (χ4n) is 7.53. The van der Waals surface area contributed by atoms with E-state index in [-0.39, 0.29) is 24.0 Å². The molecule has 0 spiro atoms. The first-order chi connectivity index (χ1) is 14.2. The largest absolute Gasteiger partial charge is 0.743 e. The highest BCUT2D eigenvalue weighted by atomic mass is 32.2. The van der Waals surface area contributed by atoms with Crippen molar-refractivity contribution in [1.29, 1.82) is 0 Å². The van der Waals surface area contributed by atoms with Gasteiger partial charge in [0.25, 0.3) is 0 Å². The molecule has 4 saturated carbocycles. The maximum absolute atomic E-state index is 14.0. The van der Waals surface area contributed by atoms with E-state index >= 15 is 0 Å². The van der Waals surface area contributed by atoms with E-state index in [1.165, 1.54) is 38.5 Å². The Morgan fingerprint density at radius 1 is 0.867 bits per heavy atom. The highest BCUT2D eigenvalue weighted by Crippen LogP contribution is 2.61. The lowest BCUT2D eigenvalue weighted by atomic mass is 9.72. The number of halogens is 2. The van der Waals surface area contributed by atoms with E-state index in [9.17, 15) is 21.8 Å². The number of fused-ring (bicyclic) bond motifs is 5. The van der Waals surface area contributed by atoms with Crippen LogP contribution in [0.3, 0.4) is 0 Å². The molecule has 5 atom stereocenters. The fraction of sp³-hybridized carbons (Fsp3) is 1.00. The molecule has 0 aromatic carbocycles. The van der Waals surface area contributed by atoms with Gasteiger partial charge in [-0.15, -0.1) is 0 Å². The van der Waals surface area contributed by atoms with Crippen molar-refractivity contribution in [3.05, 3.63) is 0 Å². The van der Waals surface area contributed by atoms with Crippen molar-refractivity contribution in [2.75, 3.05) is 0 Å². The van der Waals surface area contributed by atoms with Gasteiger partial charge in [0.1, 0.15) is 0 Å². The monoisotopic (exact) mass is 447 g/mol. The number of alkyl halides is 2. The lowest BCUT2D eigenvalue weighted by Gasteiger charge is -2.46. The molecule has 4 aliphatic carbocycles. The Morgan fingerprint density at radius 3 is 1.93 bits per heavy atom. The second-order valence-electron chi connectivity index (χ2n) is 10.5. The molecule has 30 heavy (non-hydrogen) atoms. The van der Waals surface area contributed by atoms with Crippen LogP contribution in [0.25, 0.3) is 0 Å². The number of rotatable bonds is 5. The minimum absolute atomic E-state index is 0.0624. The topological polar surface area (TPSA) is 75.7 Å². The van der Waals surface area contributed by atoms with Crippen LogP contribution in [-0.4, -0.2) is 36.2 Å². The van der Waals surface area contributed by atoms with Gasteiger partial charge in [-0.1, -0.05) is 38.5 Å². The van der Waals surface area contributed by atoms with Crippen molar-refractivity contribution in [2.45, 2.75) is 107 Å². The molecule has 5 rings (SSSR count). The van der Waals surface area contributed by atoms with E-state index < -0.39 is 33.5 Å². The summed E-state index contributed by atoms with van der Waals surface area (Å²) in [6.07, 6.45) is 11.7. The van der Waals surface area contributed by atoms with Crippen molar-refractivity contribution in [1.82, 2.24) is 0 Å². The van der Waals surface area contributed by atoms with Crippen LogP contribution in [0.2, 0.25) is 0 Å². The first kappa shape index (κ1) is 21.5. The standard InChI is InChI=1S/C22H34F2O5S/c23-21(24,30(25,26)27)13-15-11-14-12-18(15)20-19(14)28-22(29-20,16-7-3-1-4-8-16)17-9-5-2-6-10-17/h14-20H,1-13H2,(H,25,26,27)/p-1. The van der Waals surface area contributed by atoms with Gasteiger partial charge in [-0.05, 0) is 56.3 Å². The van der Waals surface area contributed by atoms with Crippen LogP contribution < -0.4 is 0 Å². The summed E-state index contributed by atoms with van der Waals surface area (Å²) in [4.78, 5) is 0. The Hall–Kier alpha value is -0.310. The maximum Gasteiger partial charge on any atom is 0.334 e. The zero-order chi connectivity index (χ0) is 21.1. The SMILES string of the molecule is O=S(=O)([O-])C(F)(F)CC1CC2CC1C1OC(C3CCCCC3)(C3CCCCC3)OC21. The Bertz CT molecular complexity index is 727. The van der Waals surface area contributed by atoms with E-state index in [2.05, 4.69) is 0 Å². The normalized spacial score (nSPS) is 40.0. The molecule has 0 amide bonds. The quantitative estimate of drug-likeness (QED) is 0.565. The summed E-state index contributed by atoms with van der Waals surface area (Å²) in [5, 5.41) is -4.21. The highest BCUT2D eigenvalue weighted by molar-refractivity contribution is 7.86. The molecule has 1 saturated heterocycles. The summed E-state index contributed by atoms with van der Waals surface area (Å²) >= 11 is 0. The van der Waals surface area contributed by atoms with Gasteiger partial charge in [-0.3, -0.25) is 0 Å². The van der Waals surface area contributed by atoms with Crippen molar-refractivity contribution < 1.29 is 31.2 Å². The van der Waals surface area contributed by atoms with Crippen LogP contribution in [0.15, 0.2) is 0 Å². The number of hydrogen-bond acceptors (Lipinski definition) is 5. The van der Waals surface area contributed by atoms with Crippen LogP contribution in [0.4, 0.5) is 8.78 Å². The molecule has 5 aliphatic rings. The first-order valence-electron chi connectivity index (χ1n) is 11.9. The summed E-state index contributed by atoms with van der Waals surface area (Å²) in [6.45, 7) is 0. The van der Waals surface area contributed by atoms with E-state index in [0.29, 0.717) is 18.3 Å². The third-order valence-corrected chi connectivity index (χ3v) is 9.75. The third kappa shape index (κ3) is 3.44. The average Bonchev–Trinajstić information content (AvgIpc) is 3.38. The Balaban J connectivity index is 1.38. The maximum atomic E-state index is 14.0. The molecule has 0 N–H and O–H groups in total. The molecule has 2 bridgehead atoms. The lowest BCUT2D eigenvalue weighted by molar-refractivity contribution is -0.263. The number of ether oxygens (including phenoxy) is 2. The van der Waals surface area contributed by atoms with Gasteiger partial charge in [0.2, 0.25) is 0 Å². The van der Waals surface area contributed by atoms with Gasteiger partial charge in [0.05, 0.1) is 12.2 Å². The van der Waals surface area contributed by atoms with E-state index in [4.69, 9.17) is 9.47 Å². The summed E-state index contributed by atoms with van der Waals surface area (Å²) in [6, 6.07) is 0. The number of hydrogen-bond donors (Lipinski definition) is 0. The molecule has 0 aromatic rings. The van der Waals surface area contributed by atoms with Crippen molar-refractivity contribution in [3.8, 4) is 0 Å². The van der Waals surface area contributed by atoms with Gasteiger partial charge < -0.3 is 14.0 Å². The molecule has 8 heteroatoms. The van der Waals surface area contributed by atoms with Gasteiger partial charge >= 0.3 is 5.25 Å². The summed E-state index contributed by atoms with van der Waals surface area (Å²) in [5.74, 6) is -0.365. The molecule has 1 heterocycles. The van der Waals surface area contributed by atoms with Crippen molar-refractivity contribution in [2.24, 2.45) is 29.6 Å². The van der Waals surface area contributed by atoms with Crippen molar-refractivity contribution >= 4 is 10.1 Å². The predicted octanol–water partition coefficient (Wildman–Crippen LogP) is 4.81. The Labute approximate surface area is 178 Å². The van der Waals surface area contributed by atoms with Crippen LogP contribution in [-0.2, 0) is 19.6 Å². The minimum Gasteiger partial charge on any atom is -0.743 e. The van der Waals surface area contributed by atoms with Gasteiger partial charge in [-0.25, -0.2) is 8.42 Å². The summed E-state index contributed by atoms with van der Waals surface area (Å²) in [5.41, 5.74) is 0. The Kier molecular flexibility index (Phi) is 5.48. The Morgan fingerprint density at radius 2 is 1.40 bits per heavy atom.